The minimum Gasteiger partial charge on any atom is -0.497 e. The molecule has 0 unspecified atom stereocenters. The fourth-order valence-electron chi connectivity index (χ4n) is 5.19. The zero-order valence-electron chi connectivity index (χ0n) is 24.8. The number of benzene rings is 3. The van der Waals surface area contributed by atoms with Crippen LogP contribution in [0.3, 0.4) is 0 Å². The van der Waals surface area contributed by atoms with E-state index in [1.807, 2.05) is 30.3 Å². The molecule has 0 aliphatic carbocycles. The average molecular weight is 563 g/mol. The molecule has 0 N–H and O–H groups in total. The Kier molecular flexibility index (Phi) is 12.6. The molecule has 0 fully saturated rings. The molecule has 6 heteroatoms. The molecule has 0 aliphatic rings. The van der Waals surface area contributed by atoms with Gasteiger partial charge in [0, 0.05) is 20.1 Å². The van der Waals surface area contributed by atoms with E-state index in [4.69, 9.17) is 23.4 Å². The highest BCUT2D eigenvalue weighted by molar-refractivity contribution is 6.99. The molecule has 5 nitrogen and oxygen atoms in total. The van der Waals surface area contributed by atoms with Crippen LogP contribution in [-0.4, -0.2) is 48.1 Å². The first-order valence-corrected chi connectivity index (χ1v) is 16.0. The second-order valence-corrected chi connectivity index (χ2v) is 15.3. The normalized spacial score (nSPS) is 13.5. The molecule has 0 aliphatic heterocycles. The Labute approximate surface area is 242 Å². The van der Waals surface area contributed by atoms with Crippen molar-refractivity contribution in [3.63, 3.8) is 0 Å². The molecule has 0 bridgehead atoms. The summed E-state index contributed by atoms with van der Waals surface area (Å²) in [5, 5.41) is 2.47. The predicted octanol–water partition coefficient (Wildman–Crippen LogP) is 6.50. The van der Waals surface area contributed by atoms with E-state index in [-0.39, 0.29) is 24.0 Å². The zero-order valence-corrected chi connectivity index (χ0v) is 25.8. The highest BCUT2D eigenvalue weighted by atomic mass is 28.4. The molecular weight excluding hydrogens is 516 g/mol. The van der Waals surface area contributed by atoms with Gasteiger partial charge >= 0.3 is 0 Å². The Bertz CT molecular complexity index is 1070. The van der Waals surface area contributed by atoms with E-state index >= 15 is 0 Å². The van der Waals surface area contributed by atoms with Gasteiger partial charge in [-0.15, -0.1) is 6.58 Å². The fourth-order valence-corrected chi connectivity index (χ4v) is 9.77. The first-order chi connectivity index (χ1) is 19.3. The summed E-state index contributed by atoms with van der Waals surface area (Å²) in [5.74, 6) is 0.831. The number of hydrogen-bond donors (Lipinski definition) is 0. The Morgan fingerprint density at radius 3 is 1.90 bits per heavy atom. The lowest BCUT2D eigenvalue weighted by Crippen LogP contribution is -2.66. The Balaban J connectivity index is 1.84. The van der Waals surface area contributed by atoms with Gasteiger partial charge in [0.15, 0.2) is 0 Å². The van der Waals surface area contributed by atoms with Crippen LogP contribution in [0.25, 0.3) is 0 Å². The van der Waals surface area contributed by atoms with E-state index < -0.39 is 8.32 Å². The highest BCUT2D eigenvalue weighted by Crippen LogP contribution is 2.37. The van der Waals surface area contributed by atoms with E-state index in [2.05, 4.69) is 88.0 Å². The first-order valence-electron chi connectivity index (χ1n) is 14.0. The summed E-state index contributed by atoms with van der Waals surface area (Å²) in [6.45, 7) is 12.1. The lowest BCUT2D eigenvalue weighted by Gasteiger charge is -2.43. The maximum atomic E-state index is 7.16. The summed E-state index contributed by atoms with van der Waals surface area (Å²) in [6, 6.07) is 29.5. The second kappa shape index (κ2) is 15.9. The number of hydrogen-bond acceptors (Lipinski definition) is 5. The molecule has 0 heterocycles. The van der Waals surface area contributed by atoms with Crippen LogP contribution in [0.2, 0.25) is 5.04 Å². The predicted molar refractivity (Wildman–Crippen MR) is 166 cm³/mol. The van der Waals surface area contributed by atoms with Crippen molar-refractivity contribution in [1.82, 2.24) is 0 Å². The van der Waals surface area contributed by atoms with Crippen LogP contribution in [0.4, 0.5) is 0 Å². The molecule has 0 aromatic heterocycles. The van der Waals surface area contributed by atoms with Crippen LogP contribution in [-0.2, 0) is 25.2 Å². The van der Waals surface area contributed by atoms with Crippen molar-refractivity contribution >= 4 is 18.7 Å². The van der Waals surface area contributed by atoms with Crippen molar-refractivity contribution in [2.75, 3.05) is 27.6 Å². The van der Waals surface area contributed by atoms with Crippen LogP contribution in [0, 0.1) is 0 Å². The molecule has 0 radical (unpaired) electrons. The summed E-state index contributed by atoms with van der Waals surface area (Å²) in [6.07, 6.45) is 3.95. The molecule has 40 heavy (non-hydrogen) atoms. The van der Waals surface area contributed by atoms with E-state index in [9.17, 15) is 0 Å². The SMILES string of the molecule is C=CC[C@H](C[C@H](CCO[Si](c1ccccc1)(c1ccccc1)C(C)(C)C)OCc1ccc(OC)cc1)OCOC. The van der Waals surface area contributed by atoms with Gasteiger partial charge in [-0.1, -0.05) is 99.6 Å². The first kappa shape index (κ1) is 31.8. The summed E-state index contributed by atoms with van der Waals surface area (Å²) in [4.78, 5) is 0. The molecule has 3 aromatic rings. The lowest BCUT2D eigenvalue weighted by atomic mass is 10.1. The molecule has 0 spiro atoms. The molecular formula is C34H46O5Si. The molecule has 2 atom stereocenters. The maximum Gasteiger partial charge on any atom is 0.261 e. The van der Waals surface area contributed by atoms with Gasteiger partial charge in [0.05, 0.1) is 25.9 Å². The van der Waals surface area contributed by atoms with Gasteiger partial charge < -0.3 is 23.4 Å². The van der Waals surface area contributed by atoms with Crippen molar-refractivity contribution in [2.24, 2.45) is 0 Å². The number of rotatable bonds is 17. The molecule has 3 rings (SSSR count). The number of ether oxygens (including phenoxy) is 4. The second-order valence-electron chi connectivity index (χ2n) is 11.0. The van der Waals surface area contributed by atoms with E-state index in [1.165, 1.54) is 10.4 Å². The van der Waals surface area contributed by atoms with Crippen LogP contribution >= 0.6 is 0 Å². The maximum absolute atomic E-state index is 7.16. The number of methoxy groups -OCH3 is 2. The van der Waals surface area contributed by atoms with E-state index in [0.29, 0.717) is 13.2 Å². The third-order valence-electron chi connectivity index (χ3n) is 7.20. The molecule has 0 saturated heterocycles. The summed E-state index contributed by atoms with van der Waals surface area (Å²) in [5.41, 5.74) is 1.09. The van der Waals surface area contributed by atoms with E-state index in [1.54, 1.807) is 14.2 Å². The van der Waals surface area contributed by atoms with Crippen molar-refractivity contribution in [2.45, 2.75) is 63.9 Å². The monoisotopic (exact) mass is 562 g/mol. The third kappa shape index (κ3) is 8.63. The van der Waals surface area contributed by atoms with Gasteiger partial charge in [-0.05, 0) is 45.9 Å². The topological polar surface area (TPSA) is 46.2 Å². The van der Waals surface area contributed by atoms with Gasteiger partial charge in [0.25, 0.3) is 8.32 Å². The molecule has 0 saturated carbocycles. The van der Waals surface area contributed by atoms with Crippen molar-refractivity contribution in [3.8, 4) is 5.75 Å². The molecule has 3 aromatic carbocycles. The van der Waals surface area contributed by atoms with Crippen LogP contribution in [0.1, 0.15) is 45.6 Å². The van der Waals surface area contributed by atoms with Crippen molar-refractivity contribution in [1.29, 1.82) is 0 Å². The Hall–Kier alpha value is -2.74. The largest absolute Gasteiger partial charge is 0.497 e. The van der Waals surface area contributed by atoms with Crippen molar-refractivity contribution in [3.05, 3.63) is 103 Å². The minimum atomic E-state index is -2.63. The smallest absolute Gasteiger partial charge is 0.261 e. The van der Waals surface area contributed by atoms with Crippen LogP contribution in [0.15, 0.2) is 97.6 Å². The zero-order chi connectivity index (χ0) is 28.8. The highest BCUT2D eigenvalue weighted by Gasteiger charge is 2.50. The Morgan fingerprint density at radius 2 is 1.40 bits per heavy atom. The van der Waals surface area contributed by atoms with Gasteiger partial charge in [-0.2, -0.15) is 0 Å². The van der Waals surface area contributed by atoms with Gasteiger partial charge in [0.2, 0.25) is 0 Å². The quantitative estimate of drug-likeness (QED) is 0.107. The lowest BCUT2D eigenvalue weighted by molar-refractivity contribution is -0.0929. The molecule has 0 amide bonds. The third-order valence-corrected chi connectivity index (χ3v) is 12.2. The van der Waals surface area contributed by atoms with Crippen LogP contribution < -0.4 is 15.1 Å². The van der Waals surface area contributed by atoms with Gasteiger partial charge in [-0.25, -0.2) is 0 Å². The summed E-state index contributed by atoms with van der Waals surface area (Å²) < 4.78 is 30.1. The summed E-state index contributed by atoms with van der Waals surface area (Å²) >= 11 is 0. The Morgan fingerprint density at radius 1 is 0.800 bits per heavy atom. The van der Waals surface area contributed by atoms with E-state index in [0.717, 1.165) is 30.6 Å². The fraction of sp³-hybridized carbons (Fsp3) is 0.412. The van der Waals surface area contributed by atoms with Crippen molar-refractivity contribution < 1.29 is 23.4 Å². The molecule has 216 valence electrons. The minimum absolute atomic E-state index is 0.0498. The van der Waals surface area contributed by atoms with Gasteiger partial charge in [0.1, 0.15) is 12.5 Å². The van der Waals surface area contributed by atoms with Crippen LogP contribution in [0.5, 0.6) is 5.75 Å². The summed E-state index contributed by atoms with van der Waals surface area (Å²) in [7, 11) is 0.686. The standard InChI is InChI=1S/C34H46O5Si/c1-7-14-30(38-27-35-5)25-31(37-26-28-19-21-29(36-6)22-20-28)23-24-39-40(34(2,3)4,32-15-10-8-11-16-32)33-17-12-9-13-18-33/h7-13,15-22,30-31H,1,14,23-27H2,2-6H3/t30-,31+/m1/s1. The average Bonchev–Trinajstić information content (AvgIpc) is 2.97. The van der Waals surface area contributed by atoms with Gasteiger partial charge in [-0.3, -0.25) is 0 Å².